The molecule has 0 radical (unpaired) electrons. The number of rotatable bonds is 4. The third kappa shape index (κ3) is 3.38. The number of carbonyl (C=O) groups excluding carboxylic acids is 1. The van der Waals surface area contributed by atoms with Gasteiger partial charge in [0.25, 0.3) is 5.91 Å². The van der Waals surface area contributed by atoms with Crippen molar-refractivity contribution in [2.24, 2.45) is 0 Å². The van der Waals surface area contributed by atoms with Gasteiger partial charge in [0.2, 0.25) is 0 Å². The minimum atomic E-state index is 0.00693. The van der Waals surface area contributed by atoms with Crippen molar-refractivity contribution in [2.75, 3.05) is 27.3 Å². The number of carbonyl (C=O) groups is 1. The van der Waals surface area contributed by atoms with Crippen molar-refractivity contribution in [2.45, 2.75) is 25.7 Å². The van der Waals surface area contributed by atoms with Gasteiger partial charge in [-0.1, -0.05) is 0 Å². The first-order chi connectivity index (χ1) is 11.6. The molecule has 1 saturated heterocycles. The van der Waals surface area contributed by atoms with E-state index in [1.165, 1.54) is 0 Å². The van der Waals surface area contributed by atoms with Crippen LogP contribution in [-0.2, 0) is 0 Å². The first-order valence-corrected chi connectivity index (χ1v) is 8.93. The Morgan fingerprint density at radius 3 is 2.83 bits per heavy atom. The van der Waals surface area contributed by atoms with Crippen LogP contribution in [0.4, 0.5) is 0 Å². The molecule has 0 aliphatic carbocycles. The summed E-state index contributed by atoms with van der Waals surface area (Å²) in [6.45, 7) is 3.49. The molecule has 1 aromatic carbocycles. The lowest BCUT2D eigenvalue weighted by Gasteiger charge is -2.32. The number of ether oxygens (including phenoxy) is 2. The van der Waals surface area contributed by atoms with Crippen LogP contribution in [-0.4, -0.2) is 43.1 Å². The van der Waals surface area contributed by atoms with Gasteiger partial charge in [-0.3, -0.25) is 4.79 Å². The summed E-state index contributed by atoms with van der Waals surface area (Å²) in [7, 11) is 3.17. The van der Waals surface area contributed by atoms with Crippen LogP contribution in [0.15, 0.2) is 23.6 Å². The number of nitrogens with zero attached hydrogens (tertiary/aromatic N) is 2. The number of likely N-dealkylation sites (tertiary alicyclic amines) is 1. The van der Waals surface area contributed by atoms with E-state index in [4.69, 9.17) is 9.47 Å². The van der Waals surface area contributed by atoms with Crippen LogP contribution in [0.3, 0.4) is 0 Å². The summed E-state index contributed by atoms with van der Waals surface area (Å²) in [6.07, 6.45) is 2.07. The SMILES string of the molecule is COc1ccc(C(=O)N2CCC[C@H](c3nc(C)cs3)C2)c(OC)c1. The lowest BCUT2D eigenvalue weighted by Crippen LogP contribution is -2.39. The number of amides is 1. The zero-order chi connectivity index (χ0) is 17.1. The lowest BCUT2D eigenvalue weighted by atomic mass is 9.98. The summed E-state index contributed by atoms with van der Waals surface area (Å²) < 4.78 is 10.6. The van der Waals surface area contributed by atoms with E-state index in [0.717, 1.165) is 30.1 Å². The van der Waals surface area contributed by atoms with Crippen LogP contribution in [0.1, 0.15) is 39.8 Å². The monoisotopic (exact) mass is 346 g/mol. The quantitative estimate of drug-likeness (QED) is 0.850. The van der Waals surface area contributed by atoms with E-state index in [1.54, 1.807) is 43.8 Å². The van der Waals surface area contributed by atoms with Crippen LogP contribution < -0.4 is 9.47 Å². The van der Waals surface area contributed by atoms with E-state index in [-0.39, 0.29) is 5.91 Å². The van der Waals surface area contributed by atoms with E-state index in [0.29, 0.717) is 29.5 Å². The summed E-state index contributed by atoms with van der Waals surface area (Å²) >= 11 is 1.69. The first kappa shape index (κ1) is 16.8. The van der Waals surface area contributed by atoms with Gasteiger partial charge in [0.15, 0.2) is 0 Å². The first-order valence-electron chi connectivity index (χ1n) is 8.05. The highest BCUT2D eigenvalue weighted by molar-refractivity contribution is 7.09. The van der Waals surface area contributed by atoms with Crippen LogP contribution in [0, 0.1) is 6.92 Å². The topological polar surface area (TPSA) is 51.7 Å². The van der Waals surface area contributed by atoms with Gasteiger partial charge in [-0.25, -0.2) is 4.98 Å². The molecule has 24 heavy (non-hydrogen) atoms. The standard InChI is InChI=1S/C18H22N2O3S/c1-12-11-24-17(19-12)13-5-4-8-20(10-13)18(21)15-7-6-14(22-2)9-16(15)23-3/h6-7,9,11,13H,4-5,8,10H2,1-3H3/t13-/m0/s1. The second kappa shape index (κ2) is 7.21. The lowest BCUT2D eigenvalue weighted by molar-refractivity contribution is 0.0703. The summed E-state index contributed by atoms with van der Waals surface area (Å²) in [4.78, 5) is 19.5. The molecular formula is C18H22N2O3S. The van der Waals surface area contributed by atoms with Gasteiger partial charge in [-0.05, 0) is 31.9 Å². The number of methoxy groups -OCH3 is 2. The van der Waals surface area contributed by atoms with E-state index >= 15 is 0 Å². The number of thiazole rings is 1. The van der Waals surface area contributed by atoms with Crippen LogP contribution in [0.2, 0.25) is 0 Å². The Morgan fingerprint density at radius 2 is 2.17 bits per heavy atom. The molecule has 1 aliphatic heterocycles. The predicted molar refractivity (Wildman–Crippen MR) is 94.3 cm³/mol. The van der Waals surface area contributed by atoms with Gasteiger partial charge < -0.3 is 14.4 Å². The molecule has 2 aromatic rings. The highest BCUT2D eigenvalue weighted by atomic mass is 32.1. The van der Waals surface area contributed by atoms with E-state index in [9.17, 15) is 4.79 Å². The van der Waals surface area contributed by atoms with Crippen LogP contribution in [0.5, 0.6) is 11.5 Å². The van der Waals surface area contributed by atoms with Crippen molar-refractivity contribution in [3.8, 4) is 11.5 Å². The normalized spacial score (nSPS) is 17.6. The Hall–Kier alpha value is -2.08. The van der Waals surface area contributed by atoms with Crippen molar-refractivity contribution in [1.82, 2.24) is 9.88 Å². The molecule has 3 rings (SSSR count). The number of piperidine rings is 1. The maximum absolute atomic E-state index is 12.9. The maximum Gasteiger partial charge on any atom is 0.257 e. The number of hydrogen-bond donors (Lipinski definition) is 0. The fraction of sp³-hybridized carbons (Fsp3) is 0.444. The minimum absolute atomic E-state index is 0.00693. The van der Waals surface area contributed by atoms with Crippen molar-refractivity contribution < 1.29 is 14.3 Å². The Bertz CT molecular complexity index is 729. The number of aryl methyl sites for hydroxylation is 1. The fourth-order valence-corrected chi connectivity index (χ4v) is 3.99. The van der Waals surface area contributed by atoms with Gasteiger partial charge in [-0.15, -0.1) is 11.3 Å². The molecule has 0 saturated carbocycles. The molecule has 1 aromatic heterocycles. The van der Waals surface area contributed by atoms with Crippen LogP contribution in [0.25, 0.3) is 0 Å². The largest absolute Gasteiger partial charge is 0.497 e. The molecule has 128 valence electrons. The number of aromatic nitrogens is 1. The molecular weight excluding hydrogens is 324 g/mol. The zero-order valence-corrected chi connectivity index (χ0v) is 15.1. The second-order valence-electron chi connectivity index (χ2n) is 5.98. The Kier molecular flexibility index (Phi) is 5.04. The Morgan fingerprint density at radius 1 is 1.33 bits per heavy atom. The molecule has 1 amide bonds. The molecule has 1 atom stereocenters. The molecule has 0 bridgehead atoms. The van der Waals surface area contributed by atoms with Gasteiger partial charge in [0.1, 0.15) is 11.5 Å². The summed E-state index contributed by atoms with van der Waals surface area (Å²) in [6, 6.07) is 5.32. The molecule has 0 spiro atoms. The van der Waals surface area contributed by atoms with Gasteiger partial charge in [0.05, 0.1) is 24.8 Å². The van der Waals surface area contributed by atoms with E-state index in [2.05, 4.69) is 10.4 Å². The summed E-state index contributed by atoms with van der Waals surface area (Å²) in [5.74, 6) is 1.56. The predicted octanol–water partition coefficient (Wildman–Crippen LogP) is 3.49. The molecule has 2 heterocycles. The Balaban J connectivity index is 1.79. The van der Waals surface area contributed by atoms with Gasteiger partial charge in [0, 0.05) is 36.1 Å². The van der Waals surface area contributed by atoms with Crippen molar-refractivity contribution >= 4 is 17.2 Å². The second-order valence-corrected chi connectivity index (χ2v) is 6.87. The summed E-state index contributed by atoms with van der Waals surface area (Å²) in [5.41, 5.74) is 1.63. The molecule has 6 heteroatoms. The molecule has 1 aliphatic rings. The average Bonchev–Trinajstić information content (AvgIpc) is 3.07. The van der Waals surface area contributed by atoms with Gasteiger partial charge in [-0.2, -0.15) is 0 Å². The van der Waals surface area contributed by atoms with Crippen molar-refractivity contribution in [1.29, 1.82) is 0 Å². The highest BCUT2D eigenvalue weighted by Crippen LogP contribution is 2.32. The third-order valence-electron chi connectivity index (χ3n) is 4.33. The average molecular weight is 346 g/mol. The molecule has 0 unspecified atom stereocenters. The third-order valence-corrected chi connectivity index (χ3v) is 5.46. The van der Waals surface area contributed by atoms with Crippen molar-refractivity contribution in [3.63, 3.8) is 0 Å². The molecule has 0 N–H and O–H groups in total. The zero-order valence-electron chi connectivity index (χ0n) is 14.2. The maximum atomic E-state index is 12.9. The molecule has 1 fully saturated rings. The van der Waals surface area contributed by atoms with E-state index < -0.39 is 0 Å². The molecule has 5 nitrogen and oxygen atoms in total. The van der Waals surface area contributed by atoms with Gasteiger partial charge >= 0.3 is 0 Å². The van der Waals surface area contributed by atoms with Crippen molar-refractivity contribution in [3.05, 3.63) is 39.8 Å². The van der Waals surface area contributed by atoms with Crippen LogP contribution >= 0.6 is 11.3 Å². The highest BCUT2D eigenvalue weighted by Gasteiger charge is 2.28. The number of hydrogen-bond acceptors (Lipinski definition) is 5. The smallest absolute Gasteiger partial charge is 0.257 e. The summed E-state index contributed by atoms with van der Waals surface area (Å²) in [5, 5.41) is 3.20. The fourth-order valence-electron chi connectivity index (χ4n) is 3.07. The Labute approximate surface area is 146 Å². The van der Waals surface area contributed by atoms with E-state index in [1.807, 2.05) is 11.8 Å². The minimum Gasteiger partial charge on any atom is -0.497 e. The number of benzene rings is 1.